The van der Waals surface area contributed by atoms with E-state index in [1.54, 1.807) is 58.0 Å². The van der Waals surface area contributed by atoms with Crippen molar-refractivity contribution in [2.24, 2.45) is 0 Å². The minimum Gasteiger partial charge on any atom is -0.448 e. The van der Waals surface area contributed by atoms with Gasteiger partial charge in [-0.25, -0.2) is 4.79 Å². The molecule has 0 bridgehead atoms. The zero-order valence-electron chi connectivity index (χ0n) is 15.4. The van der Waals surface area contributed by atoms with Crippen molar-refractivity contribution < 1.29 is 33.3 Å². The standard InChI is InChI=1S/C19H24O7/c1-18(2)22-10-13(25-18)15(20)16(14-11-23-19(3,4)26-14)24-17(21)12-8-6-5-7-9-12/h5-9,13-14,16H,10-11H2,1-4H3/t13-,14-,16-/m1/s1. The number of hydrogen-bond acceptors (Lipinski definition) is 7. The van der Waals surface area contributed by atoms with Gasteiger partial charge in [0.2, 0.25) is 5.78 Å². The Balaban J connectivity index is 1.78. The van der Waals surface area contributed by atoms with Gasteiger partial charge in [-0.05, 0) is 39.8 Å². The van der Waals surface area contributed by atoms with E-state index in [2.05, 4.69) is 0 Å². The molecule has 0 radical (unpaired) electrons. The molecule has 2 fully saturated rings. The van der Waals surface area contributed by atoms with Crippen LogP contribution in [0, 0.1) is 0 Å². The fraction of sp³-hybridized carbons (Fsp3) is 0.579. The quantitative estimate of drug-likeness (QED) is 0.740. The van der Waals surface area contributed by atoms with Crippen LogP contribution in [0.2, 0.25) is 0 Å². The number of carbonyl (C=O) groups is 2. The maximum absolute atomic E-state index is 13.0. The molecule has 26 heavy (non-hydrogen) atoms. The summed E-state index contributed by atoms with van der Waals surface area (Å²) in [6.07, 6.45) is -2.68. The van der Waals surface area contributed by atoms with Crippen molar-refractivity contribution in [2.75, 3.05) is 13.2 Å². The van der Waals surface area contributed by atoms with Gasteiger partial charge in [-0.3, -0.25) is 4.79 Å². The van der Waals surface area contributed by atoms with Crippen LogP contribution in [-0.2, 0) is 28.5 Å². The van der Waals surface area contributed by atoms with E-state index in [0.717, 1.165) is 0 Å². The Labute approximate surface area is 152 Å². The highest BCUT2D eigenvalue weighted by Gasteiger charge is 2.47. The van der Waals surface area contributed by atoms with Crippen molar-refractivity contribution in [3.05, 3.63) is 35.9 Å². The van der Waals surface area contributed by atoms with Gasteiger partial charge in [-0.1, -0.05) is 18.2 Å². The van der Waals surface area contributed by atoms with E-state index in [-0.39, 0.29) is 13.2 Å². The Kier molecular flexibility index (Phi) is 5.16. The summed E-state index contributed by atoms with van der Waals surface area (Å²) in [6, 6.07) is 8.49. The first-order chi connectivity index (χ1) is 12.2. The fourth-order valence-electron chi connectivity index (χ4n) is 2.95. The second-order valence-corrected chi connectivity index (χ2v) is 7.28. The van der Waals surface area contributed by atoms with Gasteiger partial charge in [-0.15, -0.1) is 0 Å². The molecule has 1 aromatic rings. The zero-order valence-corrected chi connectivity index (χ0v) is 15.4. The molecule has 0 spiro atoms. The second-order valence-electron chi connectivity index (χ2n) is 7.28. The smallest absolute Gasteiger partial charge is 0.338 e. The maximum atomic E-state index is 13.0. The third-order valence-corrected chi connectivity index (χ3v) is 4.22. The van der Waals surface area contributed by atoms with Crippen molar-refractivity contribution in [3.8, 4) is 0 Å². The average molecular weight is 364 g/mol. The molecule has 0 aliphatic carbocycles. The first-order valence-corrected chi connectivity index (χ1v) is 8.60. The highest BCUT2D eigenvalue weighted by Crippen LogP contribution is 2.29. The SMILES string of the molecule is CC1(C)OC[C@H](C(=O)[C@H](OC(=O)c2ccccc2)[C@H]2COC(C)(C)O2)O1. The van der Waals surface area contributed by atoms with Gasteiger partial charge in [0.05, 0.1) is 18.8 Å². The molecule has 0 amide bonds. The van der Waals surface area contributed by atoms with Gasteiger partial charge in [0.15, 0.2) is 17.7 Å². The molecule has 0 N–H and O–H groups in total. The second kappa shape index (κ2) is 7.08. The number of Topliss-reactive ketones (excluding diaryl/α,β-unsaturated/α-hetero) is 1. The Hall–Kier alpha value is -1.80. The monoisotopic (exact) mass is 364 g/mol. The summed E-state index contributed by atoms with van der Waals surface area (Å²) in [4.78, 5) is 25.5. The Bertz CT molecular complexity index is 668. The van der Waals surface area contributed by atoms with Gasteiger partial charge in [-0.2, -0.15) is 0 Å². The number of rotatable bonds is 5. The number of hydrogen-bond donors (Lipinski definition) is 0. The van der Waals surface area contributed by atoms with Crippen LogP contribution < -0.4 is 0 Å². The molecule has 0 saturated carbocycles. The minimum absolute atomic E-state index is 0.0994. The van der Waals surface area contributed by atoms with E-state index in [1.807, 2.05) is 0 Å². The van der Waals surface area contributed by atoms with E-state index in [1.165, 1.54) is 0 Å². The predicted molar refractivity (Wildman–Crippen MR) is 90.5 cm³/mol. The minimum atomic E-state index is -1.15. The summed E-state index contributed by atoms with van der Waals surface area (Å²) in [7, 11) is 0. The first kappa shape index (κ1) is 19.0. The normalized spacial score (nSPS) is 27.8. The number of ketones is 1. The molecule has 7 heteroatoms. The molecule has 1 aromatic carbocycles. The lowest BCUT2D eigenvalue weighted by atomic mass is 10.1. The molecule has 2 aliphatic heterocycles. The molecule has 3 atom stereocenters. The molecule has 2 saturated heterocycles. The molecule has 142 valence electrons. The Morgan fingerprint density at radius 2 is 1.62 bits per heavy atom. The first-order valence-electron chi connectivity index (χ1n) is 8.60. The van der Waals surface area contributed by atoms with Crippen LogP contribution >= 0.6 is 0 Å². The summed E-state index contributed by atoms with van der Waals surface area (Å²) in [5, 5.41) is 0. The van der Waals surface area contributed by atoms with Gasteiger partial charge in [0, 0.05) is 0 Å². The van der Waals surface area contributed by atoms with Crippen LogP contribution in [0.1, 0.15) is 38.1 Å². The average Bonchev–Trinajstić information content (AvgIpc) is 3.14. The van der Waals surface area contributed by atoms with Crippen molar-refractivity contribution in [2.45, 2.75) is 57.6 Å². The topological polar surface area (TPSA) is 80.3 Å². The molecule has 3 rings (SSSR count). The van der Waals surface area contributed by atoms with Crippen LogP contribution in [0.5, 0.6) is 0 Å². The molecule has 0 unspecified atom stereocenters. The lowest BCUT2D eigenvalue weighted by molar-refractivity contribution is -0.170. The predicted octanol–water partition coefficient (Wildman–Crippen LogP) is 2.08. The summed E-state index contributed by atoms with van der Waals surface area (Å²) in [5.74, 6) is -2.71. The molecule has 0 aromatic heterocycles. The van der Waals surface area contributed by atoms with E-state index in [4.69, 9.17) is 23.7 Å². The Morgan fingerprint density at radius 3 is 2.15 bits per heavy atom. The van der Waals surface area contributed by atoms with Gasteiger partial charge in [0.25, 0.3) is 0 Å². The van der Waals surface area contributed by atoms with Crippen molar-refractivity contribution in [3.63, 3.8) is 0 Å². The molecule has 2 heterocycles. The van der Waals surface area contributed by atoms with Crippen molar-refractivity contribution in [1.82, 2.24) is 0 Å². The lowest BCUT2D eigenvalue weighted by Gasteiger charge is -2.25. The number of benzene rings is 1. The van der Waals surface area contributed by atoms with Crippen LogP contribution in [0.4, 0.5) is 0 Å². The maximum Gasteiger partial charge on any atom is 0.338 e. The van der Waals surface area contributed by atoms with Crippen LogP contribution in [0.25, 0.3) is 0 Å². The van der Waals surface area contributed by atoms with Crippen LogP contribution in [-0.4, -0.2) is 54.9 Å². The third kappa shape index (κ3) is 4.29. The number of carbonyl (C=O) groups excluding carboxylic acids is 2. The van der Waals surface area contributed by atoms with Crippen molar-refractivity contribution in [1.29, 1.82) is 0 Å². The van der Waals surface area contributed by atoms with E-state index in [9.17, 15) is 9.59 Å². The molecule has 2 aliphatic rings. The van der Waals surface area contributed by atoms with Crippen molar-refractivity contribution >= 4 is 11.8 Å². The highest BCUT2D eigenvalue weighted by atomic mass is 16.8. The summed E-state index contributed by atoms with van der Waals surface area (Å²) in [6.45, 7) is 7.18. The fourth-order valence-corrected chi connectivity index (χ4v) is 2.95. The summed E-state index contributed by atoms with van der Waals surface area (Å²) >= 11 is 0. The summed E-state index contributed by atoms with van der Waals surface area (Å²) < 4.78 is 27.9. The molecular weight excluding hydrogens is 340 g/mol. The molecule has 7 nitrogen and oxygen atoms in total. The van der Waals surface area contributed by atoms with Gasteiger partial charge >= 0.3 is 5.97 Å². The lowest BCUT2D eigenvalue weighted by Crippen LogP contribution is -2.46. The van der Waals surface area contributed by atoms with Gasteiger partial charge < -0.3 is 23.7 Å². The van der Waals surface area contributed by atoms with Crippen LogP contribution in [0.15, 0.2) is 30.3 Å². The molecular formula is C19H24O7. The Morgan fingerprint density at radius 1 is 1.00 bits per heavy atom. The van der Waals surface area contributed by atoms with E-state index in [0.29, 0.717) is 5.56 Å². The van der Waals surface area contributed by atoms with E-state index < -0.39 is 41.6 Å². The number of esters is 1. The van der Waals surface area contributed by atoms with Crippen LogP contribution in [0.3, 0.4) is 0 Å². The summed E-state index contributed by atoms with van der Waals surface area (Å²) in [5.41, 5.74) is 0.354. The highest BCUT2D eigenvalue weighted by molar-refractivity contribution is 5.94. The number of ether oxygens (including phenoxy) is 5. The van der Waals surface area contributed by atoms with E-state index >= 15 is 0 Å². The zero-order chi connectivity index (χ0) is 18.9. The van der Waals surface area contributed by atoms with Gasteiger partial charge in [0.1, 0.15) is 12.2 Å². The largest absolute Gasteiger partial charge is 0.448 e. The third-order valence-electron chi connectivity index (χ3n) is 4.22.